The molecule has 0 atom stereocenters. The third-order valence-electron chi connectivity index (χ3n) is 4.23. The highest BCUT2D eigenvalue weighted by molar-refractivity contribution is 7.13. The number of anilines is 1. The zero-order valence-corrected chi connectivity index (χ0v) is 13.4. The van der Waals surface area contributed by atoms with E-state index in [1.54, 1.807) is 0 Å². The lowest BCUT2D eigenvalue weighted by atomic mass is 9.97. The van der Waals surface area contributed by atoms with Gasteiger partial charge in [0.15, 0.2) is 5.13 Å². The summed E-state index contributed by atoms with van der Waals surface area (Å²) >= 11 is 1.49. The number of hydrogen-bond donors (Lipinski definition) is 2. The predicted molar refractivity (Wildman–Crippen MR) is 85.7 cm³/mol. The van der Waals surface area contributed by atoms with Crippen LogP contribution in [-0.2, 0) is 4.79 Å². The van der Waals surface area contributed by atoms with E-state index in [0.717, 1.165) is 36.4 Å². The fourth-order valence-corrected chi connectivity index (χ4v) is 3.64. The van der Waals surface area contributed by atoms with Crippen LogP contribution in [0, 0.1) is 12.8 Å². The Morgan fingerprint density at radius 3 is 2.81 bits per heavy atom. The standard InChI is InChI=1S/C15H24N4OS/c1-11-10-21-15(17-11)18-14(20)9-19(13-2-3-13)8-12-4-6-16-7-5-12/h10,12-13,16H,2-9H2,1H3,(H,17,18,20). The number of thiazole rings is 1. The van der Waals surface area contributed by atoms with Gasteiger partial charge in [-0.1, -0.05) is 0 Å². The first-order valence-corrected chi connectivity index (χ1v) is 8.75. The Hall–Kier alpha value is -0.980. The quantitative estimate of drug-likeness (QED) is 0.842. The van der Waals surface area contributed by atoms with E-state index in [-0.39, 0.29) is 5.91 Å². The molecule has 0 unspecified atom stereocenters. The second kappa shape index (κ2) is 6.85. The van der Waals surface area contributed by atoms with Gasteiger partial charge in [-0.2, -0.15) is 0 Å². The van der Waals surface area contributed by atoms with Crippen molar-refractivity contribution < 1.29 is 4.79 Å². The Morgan fingerprint density at radius 2 is 2.19 bits per heavy atom. The van der Waals surface area contributed by atoms with Crippen LogP contribution < -0.4 is 10.6 Å². The number of amides is 1. The van der Waals surface area contributed by atoms with Crippen molar-refractivity contribution in [2.75, 3.05) is 31.5 Å². The minimum Gasteiger partial charge on any atom is -0.317 e. The zero-order chi connectivity index (χ0) is 14.7. The van der Waals surface area contributed by atoms with Gasteiger partial charge in [-0.25, -0.2) is 4.98 Å². The van der Waals surface area contributed by atoms with Crippen LogP contribution in [0.2, 0.25) is 0 Å². The molecule has 6 heteroatoms. The van der Waals surface area contributed by atoms with E-state index in [2.05, 4.69) is 20.5 Å². The molecular weight excluding hydrogens is 284 g/mol. The molecular formula is C15H24N4OS. The number of carbonyl (C=O) groups is 1. The van der Waals surface area contributed by atoms with Crippen molar-refractivity contribution in [3.8, 4) is 0 Å². The average molecular weight is 308 g/mol. The van der Waals surface area contributed by atoms with Crippen molar-refractivity contribution in [1.82, 2.24) is 15.2 Å². The molecule has 116 valence electrons. The van der Waals surface area contributed by atoms with Crippen molar-refractivity contribution in [2.45, 2.75) is 38.6 Å². The minimum atomic E-state index is 0.0742. The first kappa shape index (κ1) is 14.9. The normalized spacial score (nSPS) is 19.9. The molecule has 2 aliphatic rings. The van der Waals surface area contributed by atoms with E-state index in [4.69, 9.17) is 0 Å². The van der Waals surface area contributed by atoms with Crippen LogP contribution >= 0.6 is 11.3 Å². The molecule has 1 aliphatic carbocycles. The summed E-state index contributed by atoms with van der Waals surface area (Å²) in [6.07, 6.45) is 4.95. The number of hydrogen-bond acceptors (Lipinski definition) is 5. The van der Waals surface area contributed by atoms with Crippen LogP contribution in [-0.4, -0.2) is 48.0 Å². The number of aromatic nitrogens is 1. The summed E-state index contributed by atoms with van der Waals surface area (Å²) in [5.41, 5.74) is 0.962. The van der Waals surface area contributed by atoms with Crippen molar-refractivity contribution in [1.29, 1.82) is 0 Å². The maximum atomic E-state index is 12.2. The SMILES string of the molecule is Cc1csc(NC(=O)CN(CC2CCNCC2)C2CC2)n1. The molecule has 1 aromatic rings. The Bertz CT molecular complexity index is 480. The van der Waals surface area contributed by atoms with Gasteiger partial charge in [-0.15, -0.1) is 11.3 Å². The Labute approximate surface area is 130 Å². The van der Waals surface area contributed by atoms with Gasteiger partial charge in [0, 0.05) is 18.0 Å². The van der Waals surface area contributed by atoms with E-state index in [1.165, 1.54) is 37.0 Å². The summed E-state index contributed by atoms with van der Waals surface area (Å²) in [4.78, 5) is 18.9. The van der Waals surface area contributed by atoms with Crippen LogP contribution in [0.15, 0.2) is 5.38 Å². The largest absolute Gasteiger partial charge is 0.317 e. The number of rotatable bonds is 6. The molecule has 1 aromatic heterocycles. The predicted octanol–water partition coefficient (Wildman–Crippen LogP) is 1.85. The third-order valence-corrected chi connectivity index (χ3v) is 5.10. The highest BCUT2D eigenvalue weighted by atomic mass is 32.1. The molecule has 3 rings (SSSR count). The number of aryl methyl sites for hydroxylation is 1. The van der Waals surface area contributed by atoms with Gasteiger partial charge in [-0.3, -0.25) is 9.69 Å². The zero-order valence-electron chi connectivity index (χ0n) is 12.6. The number of nitrogens with one attached hydrogen (secondary N) is 2. The molecule has 21 heavy (non-hydrogen) atoms. The number of piperidine rings is 1. The van der Waals surface area contributed by atoms with Crippen LogP contribution in [0.1, 0.15) is 31.4 Å². The maximum absolute atomic E-state index is 12.2. The number of nitrogens with zero attached hydrogens (tertiary/aromatic N) is 2. The first-order chi connectivity index (χ1) is 10.2. The molecule has 0 bridgehead atoms. The lowest BCUT2D eigenvalue weighted by Crippen LogP contribution is -2.41. The van der Waals surface area contributed by atoms with Gasteiger partial charge in [0.2, 0.25) is 5.91 Å². The van der Waals surface area contributed by atoms with E-state index < -0.39 is 0 Å². The molecule has 0 aromatic carbocycles. The Morgan fingerprint density at radius 1 is 1.43 bits per heavy atom. The molecule has 2 heterocycles. The second-order valence-corrected chi connectivity index (χ2v) is 7.05. The van der Waals surface area contributed by atoms with Gasteiger partial charge >= 0.3 is 0 Å². The average Bonchev–Trinajstić information content (AvgIpc) is 3.23. The molecule has 1 aliphatic heterocycles. The van der Waals surface area contributed by atoms with E-state index in [1.807, 2.05) is 12.3 Å². The summed E-state index contributed by atoms with van der Waals surface area (Å²) in [6, 6.07) is 0.628. The summed E-state index contributed by atoms with van der Waals surface area (Å²) in [5.74, 6) is 0.812. The molecule has 0 radical (unpaired) electrons. The van der Waals surface area contributed by atoms with Crippen molar-refractivity contribution in [3.63, 3.8) is 0 Å². The molecule has 1 amide bonds. The fourth-order valence-electron chi connectivity index (χ4n) is 2.93. The van der Waals surface area contributed by atoms with Crippen LogP contribution in [0.5, 0.6) is 0 Å². The lowest BCUT2D eigenvalue weighted by molar-refractivity contribution is -0.117. The monoisotopic (exact) mass is 308 g/mol. The molecule has 1 saturated carbocycles. The van der Waals surface area contributed by atoms with Crippen molar-refractivity contribution >= 4 is 22.4 Å². The summed E-state index contributed by atoms with van der Waals surface area (Å²) in [5, 5.41) is 9.01. The first-order valence-electron chi connectivity index (χ1n) is 7.87. The Balaban J connectivity index is 1.50. The highest BCUT2D eigenvalue weighted by Gasteiger charge is 2.32. The van der Waals surface area contributed by atoms with Crippen LogP contribution in [0.25, 0.3) is 0 Å². The number of carbonyl (C=O) groups excluding carboxylic acids is 1. The smallest absolute Gasteiger partial charge is 0.240 e. The molecule has 2 N–H and O–H groups in total. The minimum absolute atomic E-state index is 0.0742. The molecule has 0 spiro atoms. The van der Waals surface area contributed by atoms with E-state index in [9.17, 15) is 4.79 Å². The van der Waals surface area contributed by atoms with Gasteiger partial charge < -0.3 is 10.6 Å². The van der Waals surface area contributed by atoms with E-state index >= 15 is 0 Å². The topological polar surface area (TPSA) is 57.3 Å². The van der Waals surface area contributed by atoms with Gasteiger partial charge in [0.25, 0.3) is 0 Å². The fraction of sp³-hybridized carbons (Fsp3) is 0.733. The summed E-state index contributed by atoms with van der Waals surface area (Å²) in [6.45, 7) is 5.76. The third kappa shape index (κ3) is 4.49. The summed E-state index contributed by atoms with van der Waals surface area (Å²) < 4.78 is 0. The van der Waals surface area contributed by atoms with Crippen LogP contribution in [0.3, 0.4) is 0 Å². The summed E-state index contributed by atoms with van der Waals surface area (Å²) in [7, 11) is 0. The second-order valence-electron chi connectivity index (χ2n) is 6.20. The van der Waals surface area contributed by atoms with Crippen molar-refractivity contribution in [2.24, 2.45) is 5.92 Å². The van der Waals surface area contributed by atoms with Gasteiger partial charge in [0.05, 0.1) is 12.2 Å². The highest BCUT2D eigenvalue weighted by Crippen LogP contribution is 2.28. The van der Waals surface area contributed by atoms with Gasteiger partial charge in [-0.05, 0) is 51.6 Å². The van der Waals surface area contributed by atoms with Crippen LogP contribution in [0.4, 0.5) is 5.13 Å². The Kier molecular flexibility index (Phi) is 4.87. The molecule has 2 fully saturated rings. The van der Waals surface area contributed by atoms with E-state index in [0.29, 0.717) is 12.6 Å². The molecule has 1 saturated heterocycles. The lowest BCUT2D eigenvalue weighted by Gasteiger charge is -2.29. The maximum Gasteiger partial charge on any atom is 0.240 e. The van der Waals surface area contributed by atoms with Gasteiger partial charge in [0.1, 0.15) is 0 Å². The van der Waals surface area contributed by atoms with Crippen molar-refractivity contribution in [3.05, 3.63) is 11.1 Å². The molecule has 5 nitrogen and oxygen atoms in total.